The van der Waals surface area contributed by atoms with Crippen molar-refractivity contribution >= 4 is 0 Å². The van der Waals surface area contributed by atoms with Gasteiger partial charge in [0.05, 0.1) is 17.4 Å². The normalized spacial score (nSPS) is 12.4. The lowest BCUT2D eigenvalue weighted by atomic mass is 10.1. The summed E-state index contributed by atoms with van der Waals surface area (Å²) in [5.41, 5.74) is 2.29. The standard InChI is InChI=1S/C12H19N3/c1-5-8-11(13-7-3)12-9-10(6-2)14-15(12)4/h1,9,11,13H,6-8H2,2-4H3. The molecule has 3 nitrogen and oxygen atoms in total. The van der Waals surface area contributed by atoms with Gasteiger partial charge in [-0.05, 0) is 19.0 Å². The summed E-state index contributed by atoms with van der Waals surface area (Å²) in [5.74, 6) is 2.70. The zero-order valence-electron chi connectivity index (χ0n) is 9.75. The summed E-state index contributed by atoms with van der Waals surface area (Å²) in [6, 6.07) is 2.35. The highest BCUT2D eigenvalue weighted by Crippen LogP contribution is 2.17. The van der Waals surface area contributed by atoms with Crippen LogP contribution in [0.2, 0.25) is 0 Å². The number of rotatable bonds is 5. The Bertz CT molecular complexity index is 346. The van der Waals surface area contributed by atoms with Gasteiger partial charge < -0.3 is 5.32 Å². The lowest BCUT2D eigenvalue weighted by Crippen LogP contribution is -2.22. The van der Waals surface area contributed by atoms with Crippen molar-refractivity contribution in [1.82, 2.24) is 15.1 Å². The second kappa shape index (κ2) is 5.57. The third kappa shape index (κ3) is 2.84. The minimum atomic E-state index is 0.220. The number of hydrogen-bond donors (Lipinski definition) is 1. The Morgan fingerprint density at radius 3 is 2.80 bits per heavy atom. The van der Waals surface area contributed by atoms with E-state index >= 15 is 0 Å². The molecule has 0 saturated carbocycles. The van der Waals surface area contributed by atoms with E-state index in [1.807, 2.05) is 11.7 Å². The van der Waals surface area contributed by atoms with Gasteiger partial charge in [-0.1, -0.05) is 13.8 Å². The molecule has 82 valence electrons. The third-order valence-electron chi connectivity index (χ3n) is 2.46. The minimum absolute atomic E-state index is 0.220. The predicted molar refractivity (Wildman–Crippen MR) is 62.5 cm³/mol. The molecule has 0 aliphatic carbocycles. The molecule has 0 aliphatic rings. The fourth-order valence-corrected chi connectivity index (χ4v) is 1.69. The fourth-order valence-electron chi connectivity index (χ4n) is 1.69. The zero-order chi connectivity index (χ0) is 11.3. The highest BCUT2D eigenvalue weighted by molar-refractivity contribution is 5.16. The van der Waals surface area contributed by atoms with Gasteiger partial charge in [-0.25, -0.2) is 0 Å². The first-order chi connectivity index (χ1) is 7.22. The molecule has 1 aromatic heterocycles. The van der Waals surface area contributed by atoms with Crippen LogP contribution in [0, 0.1) is 12.3 Å². The van der Waals surface area contributed by atoms with Gasteiger partial charge in [0.1, 0.15) is 0 Å². The third-order valence-corrected chi connectivity index (χ3v) is 2.46. The van der Waals surface area contributed by atoms with Gasteiger partial charge in [-0.2, -0.15) is 5.10 Å². The van der Waals surface area contributed by atoms with Crippen molar-refractivity contribution in [3.8, 4) is 12.3 Å². The van der Waals surface area contributed by atoms with Crippen LogP contribution in [0.4, 0.5) is 0 Å². The first kappa shape index (κ1) is 11.8. The molecule has 1 atom stereocenters. The van der Waals surface area contributed by atoms with Gasteiger partial charge in [0.15, 0.2) is 0 Å². The maximum Gasteiger partial charge on any atom is 0.0625 e. The molecule has 0 saturated heterocycles. The van der Waals surface area contributed by atoms with Gasteiger partial charge in [-0.15, -0.1) is 12.3 Å². The molecule has 3 heteroatoms. The van der Waals surface area contributed by atoms with Crippen molar-refractivity contribution in [2.24, 2.45) is 7.05 Å². The lowest BCUT2D eigenvalue weighted by Gasteiger charge is -2.15. The summed E-state index contributed by atoms with van der Waals surface area (Å²) >= 11 is 0. The summed E-state index contributed by atoms with van der Waals surface area (Å²) in [5, 5.41) is 7.80. The number of terminal acetylenes is 1. The Hall–Kier alpha value is -1.27. The highest BCUT2D eigenvalue weighted by Gasteiger charge is 2.14. The summed E-state index contributed by atoms with van der Waals surface area (Å²) in [4.78, 5) is 0. The first-order valence-corrected chi connectivity index (χ1v) is 5.42. The maximum atomic E-state index is 5.37. The number of aryl methyl sites for hydroxylation is 2. The topological polar surface area (TPSA) is 29.9 Å². The Morgan fingerprint density at radius 1 is 1.60 bits per heavy atom. The van der Waals surface area contributed by atoms with Crippen LogP contribution in [0.5, 0.6) is 0 Å². The predicted octanol–water partition coefficient (Wildman–Crippen LogP) is 1.66. The molecule has 0 aliphatic heterocycles. The Kier molecular flexibility index (Phi) is 4.38. The van der Waals surface area contributed by atoms with Crippen LogP contribution in [0.3, 0.4) is 0 Å². The number of nitrogens with one attached hydrogen (secondary N) is 1. The van der Waals surface area contributed by atoms with Gasteiger partial charge in [-0.3, -0.25) is 4.68 Å². The molecule has 0 radical (unpaired) electrons. The molecule has 15 heavy (non-hydrogen) atoms. The van der Waals surface area contributed by atoms with E-state index in [1.165, 1.54) is 5.69 Å². The van der Waals surface area contributed by atoms with Crippen molar-refractivity contribution < 1.29 is 0 Å². The van der Waals surface area contributed by atoms with Crippen LogP contribution in [-0.2, 0) is 13.5 Å². The molecule has 1 N–H and O–H groups in total. The van der Waals surface area contributed by atoms with Crippen LogP contribution in [0.25, 0.3) is 0 Å². The van der Waals surface area contributed by atoms with Crippen LogP contribution >= 0.6 is 0 Å². The highest BCUT2D eigenvalue weighted by atomic mass is 15.3. The smallest absolute Gasteiger partial charge is 0.0625 e. The van der Waals surface area contributed by atoms with Crippen molar-refractivity contribution in [3.63, 3.8) is 0 Å². The monoisotopic (exact) mass is 205 g/mol. The van der Waals surface area contributed by atoms with E-state index in [9.17, 15) is 0 Å². The molecule has 1 unspecified atom stereocenters. The summed E-state index contributed by atoms with van der Waals surface area (Å²) in [6.07, 6.45) is 7.03. The molecule has 0 spiro atoms. The second-order valence-corrected chi connectivity index (χ2v) is 3.56. The summed E-state index contributed by atoms with van der Waals surface area (Å²) in [7, 11) is 1.97. The van der Waals surface area contributed by atoms with E-state index in [1.54, 1.807) is 0 Å². The van der Waals surface area contributed by atoms with Gasteiger partial charge in [0, 0.05) is 13.5 Å². The average molecular weight is 205 g/mol. The quantitative estimate of drug-likeness (QED) is 0.741. The van der Waals surface area contributed by atoms with E-state index in [-0.39, 0.29) is 6.04 Å². The Balaban J connectivity index is 2.89. The minimum Gasteiger partial charge on any atom is -0.308 e. The zero-order valence-corrected chi connectivity index (χ0v) is 9.75. The summed E-state index contributed by atoms with van der Waals surface area (Å²) in [6.45, 7) is 5.11. The van der Waals surface area contributed by atoms with Crippen molar-refractivity contribution in [3.05, 3.63) is 17.5 Å². The number of hydrogen-bond acceptors (Lipinski definition) is 2. The van der Waals surface area contributed by atoms with Crippen LogP contribution in [-0.4, -0.2) is 16.3 Å². The molecular weight excluding hydrogens is 186 g/mol. The molecule has 0 bridgehead atoms. The summed E-state index contributed by atoms with van der Waals surface area (Å²) < 4.78 is 1.92. The maximum absolute atomic E-state index is 5.37. The molecular formula is C12H19N3. The molecule has 1 rings (SSSR count). The van der Waals surface area contributed by atoms with E-state index in [4.69, 9.17) is 6.42 Å². The molecule has 0 amide bonds. The average Bonchev–Trinajstić information content (AvgIpc) is 2.59. The van der Waals surface area contributed by atoms with Crippen molar-refractivity contribution in [1.29, 1.82) is 0 Å². The van der Waals surface area contributed by atoms with Gasteiger partial charge >= 0.3 is 0 Å². The Morgan fingerprint density at radius 2 is 2.33 bits per heavy atom. The lowest BCUT2D eigenvalue weighted by molar-refractivity contribution is 0.519. The molecule has 0 fully saturated rings. The van der Waals surface area contributed by atoms with Crippen molar-refractivity contribution in [2.45, 2.75) is 32.7 Å². The second-order valence-electron chi connectivity index (χ2n) is 3.56. The molecule has 1 aromatic rings. The number of aromatic nitrogens is 2. The van der Waals surface area contributed by atoms with Crippen LogP contribution in [0.15, 0.2) is 6.07 Å². The van der Waals surface area contributed by atoms with Crippen LogP contribution < -0.4 is 5.32 Å². The van der Waals surface area contributed by atoms with Crippen molar-refractivity contribution in [2.75, 3.05) is 6.54 Å². The van der Waals surface area contributed by atoms with E-state index in [2.05, 4.69) is 36.2 Å². The molecule has 1 heterocycles. The first-order valence-electron chi connectivity index (χ1n) is 5.42. The SMILES string of the molecule is C#CCC(NCC)c1cc(CC)nn1C. The molecule has 0 aromatic carbocycles. The van der Waals surface area contributed by atoms with Crippen LogP contribution in [0.1, 0.15) is 37.7 Å². The number of nitrogens with zero attached hydrogens (tertiary/aromatic N) is 2. The largest absolute Gasteiger partial charge is 0.308 e. The van der Waals surface area contributed by atoms with E-state index in [0.29, 0.717) is 6.42 Å². The van der Waals surface area contributed by atoms with E-state index < -0.39 is 0 Å². The van der Waals surface area contributed by atoms with Gasteiger partial charge in [0.2, 0.25) is 0 Å². The fraction of sp³-hybridized carbons (Fsp3) is 0.583. The van der Waals surface area contributed by atoms with Gasteiger partial charge in [0.25, 0.3) is 0 Å². The Labute approximate surface area is 91.9 Å². The van der Waals surface area contributed by atoms with E-state index in [0.717, 1.165) is 18.7 Å².